The van der Waals surface area contributed by atoms with Crippen LogP contribution in [0.15, 0.2) is 18.2 Å². The lowest BCUT2D eigenvalue weighted by Gasteiger charge is -2.25. The van der Waals surface area contributed by atoms with E-state index in [2.05, 4.69) is 15.3 Å². The number of nitrogens with one attached hydrogen (secondary N) is 2. The molecule has 152 valence electrons. The zero-order valence-corrected chi connectivity index (χ0v) is 17.2. The number of aromatic amines is 1. The molecule has 5 rings (SSSR count). The highest BCUT2D eigenvalue weighted by molar-refractivity contribution is 7.15. The predicted octanol–water partition coefficient (Wildman–Crippen LogP) is 3.80. The van der Waals surface area contributed by atoms with Gasteiger partial charge in [0.1, 0.15) is 11.5 Å². The number of nitrogens with zero attached hydrogens (tertiary/aromatic N) is 2. The van der Waals surface area contributed by atoms with E-state index >= 15 is 0 Å². The Hall–Kier alpha value is -2.16. The number of anilines is 1. The number of aromatic nitrogens is 2. The quantitative estimate of drug-likeness (QED) is 0.570. The van der Waals surface area contributed by atoms with Gasteiger partial charge in [-0.15, -0.1) is 0 Å². The van der Waals surface area contributed by atoms with E-state index in [0.717, 1.165) is 35.1 Å². The number of rotatable bonds is 5. The summed E-state index contributed by atoms with van der Waals surface area (Å²) < 4.78 is 13.7. The van der Waals surface area contributed by atoms with Gasteiger partial charge in [0.05, 0.1) is 23.9 Å². The van der Waals surface area contributed by atoms with Crippen LogP contribution >= 0.6 is 22.9 Å². The lowest BCUT2D eigenvalue weighted by Crippen LogP contribution is -2.35. The molecule has 9 heteroatoms. The fraction of sp³-hybridized carbons (Fsp3) is 0.400. The Balaban J connectivity index is 1.31. The van der Waals surface area contributed by atoms with Gasteiger partial charge in [0.15, 0.2) is 5.13 Å². The van der Waals surface area contributed by atoms with Gasteiger partial charge in [0.2, 0.25) is 0 Å². The second-order valence-corrected chi connectivity index (χ2v) is 9.34. The SMILES string of the molecule is O=C(c1cc2c(Cl)c(F)ccc2[nH]1)N1CCc2nc(NCC3(CO)CC3)sc2C1. The highest BCUT2D eigenvalue weighted by atomic mass is 35.5. The number of fused-ring (bicyclic) bond motifs is 2. The van der Waals surface area contributed by atoms with Crippen molar-refractivity contribution in [2.24, 2.45) is 5.41 Å². The number of H-pyrrole nitrogens is 1. The first-order valence-electron chi connectivity index (χ1n) is 9.57. The molecule has 1 aromatic carbocycles. The number of amides is 1. The molecule has 29 heavy (non-hydrogen) atoms. The molecule has 0 bridgehead atoms. The molecule has 0 spiro atoms. The molecule has 0 unspecified atom stereocenters. The maximum absolute atomic E-state index is 13.7. The summed E-state index contributed by atoms with van der Waals surface area (Å²) >= 11 is 7.59. The van der Waals surface area contributed by atoms with E-state index in [1.165, 1.54) is 6.07 Å². The molecule has 1 saturated carbocycles. The van der Waals surface area contributed by atoms with Crippen LogP contribution in [-0.4, -0.2) is 45.6 Å². The van der Waals surface area contributed by atoms with Crippen molar-refractivity contribution in [1.29, 1.82) is 0 Å². The van der Waals surface area contributed by atoms with Gasteiger partial charge in [0, 0.05) is 40.7 Å². The molecular weight excluding hydrogens is 415 g/mol. The summed E-state index contributed by atoms with van der Waals surface area (Å²) in [4.78, 5) is 23.5. The predicted molar refractivity (Wildman–Crippen MR) is 111 cm³/mol. The molecule has 1 aliphatic heterocycles. The summed E-state index contributed by atoms with van der Waals surface area (Å²) in [5.41, 5.74) is 2.08. The van der Waals surface area contributed by atoms with E-state index in [9.17, 15) is 14.3 Å². The van der Waals surface area contributed by atoms with Gasteiger partial charge in [-0.3, -0.25) is 4.79 Å². The summed E-state index contributed by atoms with van der Waals surface area (Å²) in [6.07, 6.45) is 2.78. The average Bonchev–Trinajstić information content (AvgIpc) is 3.19. The summed E-state index contributed by atoms with van der Waals surface area (Å²) in [5, 5.41) is 14.2. The highest BCUT2D eigenvalue weighted by Crippen LogP contribution is 2.45. The number of benzene rings is 1. The smallest absolute Gasteiger partial charge is 0.270 e. The summed E-state index contributed by atoms with van der Waals surface area (Å²) in [7, 11) is 0. The maximum Gasteiger partial charge on any atom is 0.270 e. The normalized spacial score (nSPS) is 17.4. The van der Waals surface area contributed by atoms with E-state index in [4.69, 9.17) is 11.6 Å². The molecule has 0 saturated heterocycles. The molecular formula is C20H20ClFN4O2S. The Kier molecular flexibility index (Phi) is 4.53. The number of aliphatic hydroxyl groups is 1. The highest BCUT2D eigenvalue weighted by Gasteiger charge is 2.42. The van der Waals surface area contributed by atoms with Crippen LogP contribution in [0, 0.1) is 11.2 Å². The molecule has 3 aromatic rings. The number of hydrogen-bond acceptors (Lipinski definition) is 5. The molecule has 3 heterocycles. The molecule has 0 atom stereocenters. The largest absolute Gasteiger partial charge is 0.396 e. The average molecular weight is 435 g/mol. The molecule has 2 aliphatic rings. The first-order chi connectivity index (χ1) is 14.0. The molecule has 0 radical (unpaired) electrons. The van der Waals surface area contributed by atoms with Gasteiger partial charge in [-0.05, 0) is 31.0 Å². The third-order valence-electron chi connectivity index (χ3n) is 5.85. The molecule has 3 N–H and O–H groups in total. The Labute approximate surface area is 175 Å². The number of halogens is 2. The second-order valence-electron chi connectivity index (χ2n) is 7.88. The molecule has 1 aliphatic carbocycles. The fourth-order valence-corrected chi connectivity index (χ4v) is 4.94. The Bertz CT molecular complexity index is 1110. The summed E-state index contributed by atoms with van der Waals surface area (Å²) in [6.45, 7) is 2.00. The minimum absolute atomic E-state index is 0.0184. The Morgan fingerprint density at radius 2 is 2.28 bits per heavy atom. The van der Waals surface area contributed by atoms with Gasteiger partial charge in [-0.2, -0.15) is 0 Å². The summed E-state index contributed by atoms with van der Waals surface area (Å²) in [6, 6.07) is 4.49. The number of thiazole rings is 1. The Morgan fingerprint density at radius 1 is 1.45 bits per heavy atom. The van der Waals surface area contributed by atoms with Crippen LogP contribution in [0.3, 0.4) is 0 Å². The minimum atomic E-state index is -0.501. The molecule has 2 aromatic heterocycles. The van der Waals surface area contributed by atoms with Crippen LogP contribution in [0.5, 0.6) is 0 Å². The van der Waals surface area contributed by atoms with Crippen LogP contribution < -0.4 is 5.32 Å². The fourth-order valence-electron chi connectivity index (χ4n) is 3.70. The van der Waals surface area contributed by atoms with Gasteiger partial charge >= 0.3 is 0 Å². The Morgan fingerprint density at radius 3 is 3.03 bits per heavy atom. The van der Waals surface area contributed by atoms with E-state index < -0.39 is 5.82 Å². The van der Waals surface area contributed by atoms with Crippen molar-refractivity contribution in [3.05, 3.63) is 45.3 Å². The standard InChI is InChI=1S/C20H20ClFN4O2S/c21-17-11-7-15(24-13(11)2-1-12(17)22)18(28)26-6-3-14-16(8-26)29-19(25-14)23-9-20(10-27)4-5-20/h1-2,7,24,27H,3-6,8-10H2,(H,23,25). The topological polar surface area (TPSA) is 81.2 Å². The lowest BCUT2D eigenvalue weighted by atomic mass is 10.1. The van der Waals surface area contributed by atoms with E-state index in [1.54, 1.807) is 28.4 Å². The van der Waals surface area contributed by atoms with Gasteiger partial charge in [0.25, 0.3) is 5.91 Å². The third-order valence-corrected chi connectivity index (χ3v) is 7.27. The number of carbonyl (C=O) groups is 1. The monoisotopic (exact) mass is 434 g/mol. The lowest BCUT2D eigenvalue weighted by molar-refractivity contribution is 0.0731. The molecule has 1 fully saturated rings. The second kappa shape index (κ2) is 6.97. The summed E-state index contributed by atoms with van der Waals surface area (Å²) in [5.74, 6) is -0.637. The minimum Gasteiger partial charge on any atom is -0.396 e. The molecule has 6 nitrogen and oxygen atoms in total. The van der Waals surface area contributed by atoms with Crippen molar-refractivity contribution in [3.8, 4) is 0 Å². The first-order valence-corrected chi connectivity index (χ1v) is 10.8. The van der Waals surface area contributed by atoms with Crippen molar-refractivity contribution < 1.29 is 14.3 Å². The van der Waals surface area contributed by atoms with Crippen LogP contribution in [-0.2, 0) is 13.0 Å². The number of hydrogen-bond donors (Lipinski definition) is 3. The maximum atomic E-state index is 13.7. The van der Waals surface area contributed by atoms with E-state index in [1.807, 2.05) is 0 Å². The van der Waals surface area contributed by atoms with Crippen molar-refractivity contribution in [2.45, 2.75) is 25.8 Å². The third kappa shape index (κ3) is 3.39. The van der Waals surface area contributed by atoms with Crippen LogP contribution in [0.2, 0.25) is 5.02 Å². The number of carbonyl (C=O) groups excluding carboxylic acids is 1. The van der Waals surface area contributed by atoms with E-state index in [0.29, 0.717) is 36.1 Å². The molecule has 1 amide bonds. The van der Waals surface area contributed by atoms with Crippen molar-refractivity contribution in [2.75, 3.05) is 25.0 Å². The zero-order chi connectivity index (χ0) is 20.2. The van der Waals surface area contributed by atoms with Gasteiger partial charge in [-0.25, -0.2) is 9.37 Å². The number of aliphatic hydroxyl groups excluding tert-OH is 1. The van der Waals surface area contributed by atoms with Crippen LogP contribution in [0.25, 0.3) is 10.9 Å². The van der Waals surface area contributed by atoms with Gasteiger partial charge in [-0.1, -0.05) is 22.9 Å². The zero-order valence-electron chi connectivity index (χ0n) is 15.6. The van der Waals surface area contributed by atoms with Crippen LogP contribution in [0.1, 0.15) is 33.9 Å². The van der Waals surface area contributed by atoms with Crippen LogP contribution in [0.4, 0.5) is 9.52 Å². The van der Waals surface area contributed by atoms with Crippen molar-refractivity contribution >= 4 is 44.9 Å². The van der Waals surface area contributed by atoms with Crippen molar-refractivity contribution in [1.82, 2.24) is 14.9 Å². The first kappa shape index (κ1) is 18.8. The van der Waals surface area contributed by atoms with Gasteiger partial charge < -0.3 is 20.3 Å². The van der Waals surface area contributed by atoms with Crippen molar-refractivity contribution in [3.63, 3.8) is 0 Å². The van der Waals surface area contributed by atoms with E-state index in [-0.39, 0.29) is 23.0 Å².